The maximum absolute atomic E-state index is 12.6. The Bertz CT molecular complexity index is 491. The van der Waals surface area contributed by atoms with Crippen LogP contribution in [0.4, 0.5) is 0 Å². The van der Waals surface area contributed by atoms with Crippen molar-refractivity contribution in [3.63, 3.8) is 0 Å². The van der Waals surface area contributed by atoms with E-state index in [1.54, 1.807) is 0 Å². The van der Waals surface area contributed by atoms with Crippen molar-refractivity contribution in [2.45, 2.75) is 39.0 Å². The molecule has 20 heavy (non-hydrogen) atoms. The van der Waals surface area contributed by atoms with E-state index in [1.807, 2.05) is 11.8 Å². The summed E-state index contributed by atoms with van der Waals surface area (Å²) in [5.41, 5.74) is 2.39. The highest BCUT2D eigenvalue weighted by atomic mass is 32.2. The van der Waals surface area contributed by atoms with Crippen LogP contribution in [0.2, 0.25) is 0 Å². The van der Waals surface area contributed by atoms with Crippen LogP contribution in [0.1, 0.15) is 43.4 Å². The highest BCUT2D eigenvalue weighted by Crippen LogP contribution is 2.27. The Kier molecular flexibility index (Phi) is 4.06. The van der Waals surface area contributed by atoms with E-state index in [0.717, 1.165) is 49.7 Å². The molecule has 2 aliphatic rings. The number of thioether (sulfide) groups is 1. The molecular weight excluding hydrogens is 270 g/mol. The van der Waals surface area contributed by atoms with Gasteiger partial charge in [0.15, 0.2) is 0 Å². The average Bonchev–Trinajstić information content (AvgIpc) is 2.90. The SMILES string of the molecule is CC(C)c1nc2c([nH]1)CC(C(=O)N1CCSCC1)CC2. The van der Waals surface area contributed by atoms with Gasteiger partial charge in [0.2, 0.25) is 5.91 Å². The molecule has 1 aliphatic carbocycles. The van der Waals surface area contributed by atoms with Crippen molar-refractivity contribution in [1.82, 2.24) is 14.9 Å². The van der Waals surface area contributed by atoms with Crippen molar-refractivity contribution in [2.75, 3.05) is 24.6 Å². The number of H-pyrrole nitrogens is 1. The lowest BCUT2D eigenvalue weighted by Gasteiger charge is -2.31. The third-order valence-electron chi connectivity index (χ3n) is 4.28. The average molecular weight is 293 g/mol. The lowest BCUT2D eigenvalue weighted by Crippen LogP contribution is -2.43. The lowest BCUT2D eigenvalue weighted by molar-refractivity contribution is -0.135. The van der Waals surface area contributed by atoms with Crippen LogP contribution in [0.3, 0.4) is 0 Å². The number of nitrogens with zero attached hydrogens (tertiary/aromatic N) is 2. The summed E-state index contributed by atoms with van der Waals surface area (Å²) in [7, 11) is 0. The van der Waals surface area contributed by atoms with Gasteiger partial charge in [-0.05, 0) is 12.8 Å². The molecule has 1 unspecified atom stereocenters. The molecule has 1 aliphatic heterocycles. The molecule has 1 N–H and O–H groups in total. The van der Waals surface area contributed by atoms with Crippen molar-refractivity contribution in [2.24, 2.45) is 5.92 Å². The lowest BCUT2D eigenvalue weighted by atomic mass is 9.88. The molecule has 4 nitrogen and oxygen atoms in total. The van der Waals surface area contributed by atoms with Crippen LogP contribution in [-0.2, 0) is 17.6 Å². The standard InChI is InChI=1S/C15H23N3OS/c1-10(2)14-16-12-4-3-11(9-13(12)17-14)15(19)18-5-7-20-8-6-18/h10-11H,3-9H2,1-2H3,(H,16,17). The number of aromatic amines is 1. The second-order valence-electron chi connectivity index (χ2n) is 6.08. The molecular formula is C15H23N3OS. The number of carbonyl (C=O) groups is 1. The third kappa shape index (κ3) is 2.73. The molecule has 1 aromatic rings. The summed E-state index contributed by atoms with van der Waals surface area (Å²) in [4.78, 5) is 22.8. The number of aryl methyl sites for hydroxylation is 1. The summed E-state index contributed by atoms with van der Waals surface area (Å²) >= 11 is 1.95. The molecule has 0 bridgehead atoms. The summed E-state index contributed by atoms with van der Waals surface area (Å²) in [6, 6.07) is 0. The van der Waals surface area contributed by atoms with E-state index >= 15 is 0 Å². The quantitative estimate of drug-likeness (QED) is 0.909. The van der Waals surface area contributed by atoms with Gasteiger partial charge < -0.3 is 9.88 Å². The van der Waals surface area contributed by atoms with E-state index in [1.165, 1.54) is 11.4 Å². The van der Waals surface area contributed by atoms with Crippen molar-refractivity contribution in [1.29, 1.82) is 0 Å². The Hall–Kier alpha value is -0.970. The molecule has 0 spiro atoms. The van der Waals surface area contributed by atoms with Crippen LogP contribution < -0.4 is 0 Å². The predicted molar refractivity (Wildman–Crippen MR) is 82.1 cm³/mol. The fraction of sp³-hybridized carbons (Fsp3) is 0.733. The van der Waals surface area contributed by atoms with Crippen molar-refractivity contribution in [3.8, 4) is 0 Å². The highest BCUT2D eigenvalue weighted by molar-refractivity contribution is 7.99. The monoisotopic (exact) mass is 293 g/mol. The van der Waals surface area contributed by atoms with Crippen LogP contribution in [0.15, 0.2) is 0 Å². The molecule has 2 heterocycles. The molecule has 5 heteroatoms. The Morgan fingerprint density at radius 3 is 2.85 bits per heavy atom. The first-order chi connectivity index (χ1) is 9.65. The molecule has 0 radical (unpaired) electrons. The van der Waals surface area contributed by atoms with Gasteiger partial charge >= 0.3 is 0 Å². The van der Waals surface area contributed by atoms with E-state index in [-0.39, 0.29) is 5.92 Å². The fourth-order valence-electron chi connectivity index (χ4n) is 3.03. The summed E-state index contributed by atoms with van der Waals surface area (Å²) in [6.45, 7) is 6.15. The Morgan fingerprint density at radius 1 is 1.40 bits per heavy atom. The number of hydrogen-bond acceptors (Lipinski definition) is 3. The smallest absolute Gasteiger partial charge is 0.226 e. The van der Waals surface area contributed by atoms with E-state index in [9.17, 15) is 4.79 Å². The number of carbonyl (C=O) groups excluding carboxylic acids is 1. The van der Waals surface area contributed by atoms with E-state index < -0.39 is 0 Å². The minimum atomic E-state index is 0.158. The van der Waals surface area contributed by atoms with Crippen LogP contribution in [0, 0.1) is 5.92 Å². The number of nitrogens with one attached hydrogen (secondary N) is 1. The molecule has 1 atom stereocenters. The molecule has 3 rings (SSSR count). The summed E-state index contributed by atoms with van der Waals surface area (Å²) in [5, 5.41) is 0. The molecule has 110 valence electrons. The summed E-state index contributed by atoms with van der Waals surface area (Å²) < 4.78 is 0. The zero-order chi connectivity index (χ0) is 14.1. The molecule has 0 saturated carbocycles. The van der Waals surface area contributed by atoms with Crippen LogP contribution in [-0.4, -0.2) is 45.4 Å². The van der Waals surface area contributed by atoms with Crippen molar-refractivity contribution in [3.05, 3.63) is 17.2 Å². The Balaban J connectivity index is 1.69. The first-order valence-corrected chi connectivity index (χ1v) is 8.75. The maximum Gasteiger partial charge on any atom is 0.226 e. The van der Waals surface area contributed by atoms with Crippen molar-refractivity contribution < 1.29 is 4.79 Å². The largest absolute Gasteiger partial charge is 0.345 e. The summed E-state index contributed by atoms with van der Waals surface area (Å²) in [5.74, 6) is 4.19. The van der Waals surface area contributed by atoms with Gasteiger partial charge in [-0.15, -0.1) is 0 Å². The number of fused-ring (bicyclic) bond motifs is 1. The normalized spacial score (nSPS) is 22.9. The molecule has 1 aromatic heterocycles. The number of aromatic nitrogens is 2. The third-order valence-corrected chi connectivity index (χ3v) is 5.22. The number of hydrogen-bond donors (Lipinski definition) is 1. The van der Waals surface area contributed by atoms with Crippen LogP contribution in [0.25, 0.3) is 0 Å². The number of rotatable bonds is 2. The second kappa shape index (κ2) is 5.80. The van der Waals surface area contributed by atoms with Gasteiger partial charge in [0.1, 0.15) is 5.82 Å². The van der Waals surface area contributed by atoms with Gasteiger partial charge in [-0.2, -0.15) is 11.8 Å². The van der Waals surface area contributed by atoms with E-state index in [2.05, 4.69) is 28.7 Å². The number of amides is 1. The Morgan fingerprint density at radius 2 is 2.15 bits per heavy atom. The zero-order valence-electron chi connectivity index (χ0n) is 12.3. The van der Waals surface area contributed by atoms with Crippen LogP contribution >= 0.6 is 11.8 Å². The minimum Gasteiger partial charge on any atom is -0.345 e. The van der Waals surface area contributed by atoms with Gasteiger partial charge in [-0.25, -0.2) is 4.98 Å². The highest BCUT2D eigenvalue weighted by Gasteiger charge is 2.31. The molecule has 0 aromatic carbocycles. The predicted octanol–water partition coefficient (Wildman–Crippen LogP) is 2.21. The van der Waals surface area contributed by atoms with Gasteiger partial charge in [0.25, 0.3) is 0 Å². The van der Waals surface area contributed by atoms with Gasteiger partial charge in [0, 0.05) is 48.5 Å². The minimum absolute atomic E-state index is 0.158. The zero-order valence-corrected chi connectivity index (χ0v) is 13.1. The molecule has 1 saturated heterocycles. The first-order valence-electron chi connectivity index (χ1n) is 7.59. The first kappa shape index (κ1) is 14.0. The van der Waals surface area contributed by atoms with E-state index in [0.29, 0.717) is 11.8 Å². The molecule has 1 fully saturated rings. The fourth-order valence-corrected chi connectivity index (χ4v) is 3.93. The van der Waals surface area contributed by atoms with Gasteiger partial charge in [0.05, 0.1) is 5.69 Å². The number of imidazole rings is 1. The molecule has 1 amide bonds. The maximum atomic E-state index is 12.6. The summed E-state index contributed by atoms with van der Waals surface area (Å²) in [6.07, 6.45) is 2.74. The van der Waals surface area contributed by atoms with Gasteiger partial charge in [-0.1, -0.05) is 13.8 Å². The van der Waals surface area contributed by atoms with Gasteiger partial charge in [-0.3, -0.25) is 4.79 Å². The second-order valence-corrected chi connectivity index (χ2v) is 7.30. The van der Waals surface area contributed by atoms with Crippen molar-refractivity contribution >= 4 is 17.7 Å². The van der Waals surface area contributed by atoms with Crippen LogP contribution in [0.5, 0.6) is 0 Å². The van der Waals surface area contributed by atoms with E-state index in [4.69, 9.17) is 0 Å². The Labute approximate surface area is 124 Å². The topological polar surface area (TPSA) is 49.0 Å².